The molecule has 2 aromatic carbocycles. The molecule has 0 spiro atoms. The van der Waals surface area contributed by atoms with Crippen molar-refractivity contribution in [2.45, 2.75) is 6.42 Å². The van der Waals surface area contributed by atoms with Crippen LogP contribution in [-0.4, -0.2) is 55.3 Å². The van der Waals surface area contributed by atoms with E-state index in [1.165, 1.54) is 0 Å². The quantitative estimate of drug-likeness (QED) is 0.622. The minimum absolute atomic E-state index is 0.177. The van der Waals surface area contributed by atoms with Crippen molar-refractivity contribution in [1.82, 2.24) is 15.2 Å². The number of fused-ring (bicyclic) bond motifs is 1. The molecule has 2 amide bonds. The zero-order chi connectivity index (χ0) is 19.2. The molecule has 7 heteroatoms. The van der Waals surface area contributed by atoms with Crippen molar-refractivity contribution in [3.05, 3.63) is 48.5 Å². The van der Waals surface area contributed by atoms with E-state index in [9.17, 15) is 4.79 Å². The van der Waals surface area contributed by atoms with Gasteiger partial charge < -0.3 is 15.4 Å². The number of morpholine rings is 1. The fraction of sp³-hybridized carbons (Fsp3) is 0.333. The summed E-state index contributed by atoms with van der Waals surface area (Å²) in [6.45, 7) is 5.20. The highest BCUT2D eigenvalue weighted by atomic mass is 32.1. The standard InChI is InChI=1S/C21H24N4O2S/c26-21(22-9-4-10-25-11-13-27-14-12-25)23-17-6-3-5-16(15-17)20-24-18-7-1-2-8-19(18)28-20/h1-3,5-8,15H,4,9-14H2,(H2,22,23,26). The first-order chi connectivity index (χ1) is 13.8. The van der Waals surface area contributed by atoms with Crippen LogP contribution in [0.4, 0.5) is 10.5 Å². The van der Waals surface area contributed by atoms with Gasteiger partial charge in [-0.3, -0.25) is 4.90 Å². The third-order valence-electron chi connectivity index (χ3n) is 4.70. The number of anilines is 1. The largest absolute Gasteiger partial charge is 0.379 e. The number of hydrogen-bond donors (Lipinski definition) is 2. The van der Waals surface area contributed by atoms with Crippen LogP contribution in [0.25, 0.3) is 20.8 Å². The van der Waals surface area contributed by atoms with E-state index in [-0.39, 0.29) is 6.03 Å². The molecular formula is C21H24N4O2S. The first-order valence-electron chi connectivity index (χ1n) is 9.59. The minimum atomic E-state index is -0.177. The molecule has 4 rings (SSSR count). The van der Waals surface area contributed by atoms with E-state index in [0.717, 1.165) is 65.7 Å². The summed E-state index contributed by atoms with van der Waals surface area (Å²) in [7, 11) is 0. The molecule has 0 saturated carbocycles. The number of thiazole rings is 1. The highest BCUT2D eigenvalue weighted by Gasteiger charge is 2.10. The molecule has 1 aliphatic rings. The van der Waals surface area contributed by atoms with Crippen molar-refractivity contribution in [2.24, 2.45) is 0 Å². The van der Waals surface area contributed by atoms with E-state index in [0.29, 0.717) is 6.54 Å². The Bertz CT molecular complexity index is 904. The van der Waals surface area contributed by atoms with Crippen molar-refractivity contribution >= 4 is 33.3 Å². The summed E-state index contributed by atoms with van der Waals surface area (Å²) in [5.74, 6) is 0. The lowest BCUT2D eigenvalue weighted by atomic mass is 10.2. The zero-order valence-corrected chi connectivity index (χ0v) is 16.5. The molecule has 0 aliphatic carbocycles. The molecule has 1 saturated heterocycles. The Morgan fingerprint density at radius 1 is 1.14 bits per heavy atom. The Morgan fingerprint density at radius 3 is 2.86 bits per heavy atom. The second-order valence-corrected chi connectivity index (χ2v) is 7.79. The number of carbonyl (C=O) groups is 1. The lowest BCUT2D eigenvalue weighted by molar-refractivity contribution is 0.0375. The van der Waals surface area contributed by atoms with E-state index < -0.39 is 0 Å². The van der Waals surface area contributed by atoms with Crippen LogP contribution in [0.15, 0.2) is 48.5 Å². The molecule has 1 aliphatic heterocycles. The topological polar surface area (TPSA) is 66.5 Å². The molecule has 3 aromatic rings. The Morgan fingerprint density at radius 2 is 2.00 bits per heavy atom. The SMILES string of the molecule is O=C(NCCCN1CCOCC1)Nc1cccc(-c2nc3ccccc3s2)c1. The van der Waals surface area contributed by atoms with Crippen LogP contribution in [-0.2, 0) is 4.74 Å². The van der Waals surface area contributed by atoms with E-state index in [1.54, 1.807) is 11.3 Å². The van der Waals surface area contributed by atoms with Gasteiger partial charge >= 0.3 is 6.03 Å². The fourth-order valence-electron chi connectivity index (χ4n) is 3.23. The Kier molecular flexibility index (Phi) is 6.16. The van der Waals surface area contributed by atoms with Crippen molar-refractivity contribution in [2.75, 3.05) is 44.7 Å². The number of benzene rings is 2. The fourth-order valence-corrected chi connectivity index (χ4v) is 4.19. The Hall–Kier alpha value is -2.48. The second-order valence-electron chi connectivity index (χ2n) is 6.76. The predicted molar refractivity (Wildman–Crippen MR) is 114 cm³/mol. The van der Waals surface area contributed by atoms with Crippen LogP contribution in [0.3, 0.4) is 0 Å². The lowest BCUT2D eigenvalue weighted by Crippen LogP contribution is -2.38. The van der Waals surface area contributed by atoms with Crippen molar-refractivity contribution in [3.63, 3.8) is 0 Å². The first kappa shape index (κ1) is 18.9. The van der Waals surface area contributed by atoms with E-state index in [2.05, 4.69) is 26.6 Å². The van der Waals surface area contributed by atoms with Gasteiger partial charge in [0.05, 0.1) is 23.4 Å². The number of nitrogens with one attached hydrogen (secondary N) is 2. The van der Waals surface area contributed by atoms with Gasteiger partial charge in [-0.2, -0.15) is 0 Å². The van der Waals surface area contributed by atoms with Crippen LogP contribution >= 0.6 is 11.3 Å². The smallest absolute Gasteiger partial charge is 0.319 e. The van der Waals surface area contributed by atoms with E-state index >= 15 is 0 Å². The number of carbonyl (C=O) groups excluding carboxylic acids is 1. The third-order valence-corrected chi connectivity index (χ3v) is 5.79. The Balaban J connectivity index is 1.29. The van der Waals surface area contributed by atoms with Gasteiger partial charge in [0.15, 0.2) is 0 Å². The Labute approximate surface area is 168 Å². The van der Waals surface area contributed by atoms with Gasteiger partial charge in [0.25, 0.3) is 0 Å². The summed E-state index contributed by atoms with van der Waals surface area (Å²) in [4.78, 5) is 19.2. The molecule has 2 N–H and O–H groups in total. The van der Waals surface area contributed by atoms with Crippen molar-refractivity contribution in [1.29, 1.82) is 0 Å². The lowest BCUT2D eigenvalue weighted by Gasteiger charge is -2.26. The third kappa shape index (κ3) is 4.86. The molecule has 1 fully saturated rings. The monoisotopic (exact) mass is 396 g/mol. The number of ether oxygens (including phenoxy) is 1. The zero-order valence-electron chi connectivity index (χ0n) is 15.7. The normalized spacial score (nSPS) is 14.9. The average molecular weight is 397 g/mol. The van der Waals surface area contributed by atoms with Crippen LogP contribution < -0.4 is 10.6 Å². The average Bonchev–Trinajstić information content (AvgIpc) is 3.17. The molecule has 0 radical (unpaired) electrons. The maximum Gasteiger partial charge on any atom is 0.319 e. The summed E-state index contributed by atoms with van der Waals surface area (Å²) in [6, 6.07) is 15.7. The number of amides is 2. The molecule has 6 nitrogen and oxygen atoms in total. The number of nitrogens with zero attached hydrogens (tertiary/aromatic N) is 2. The number of rotatable bonds is 6. The molecule has 0 atom stereocenters. The molecule has 0 unspecified atom stereocenters. The van der Waals surface area contributed by atoms with Gasteiger partial charge in [-0.05, 0) is 37.2 Å². The van der Waals surface area contributed by atoms with Gasteiger partial charge in [0.1, 0.15) is 5.01 Å². The predicted octanol–water partition coefficient (Wildman–Crippen LogP) is 3.81. The number of urea groups is 1. The van der Waals surface area contributed by atoms with Gasteiger partial charge in [-0.25, -0.2) is 9.78 Å². The summed E-state index contributed by atoms with van der Waals surface area (Å²) < 4.78 is 6.51. The number of hydrogen-bond acceptors (Lipinski definition) is 5. The highest BCUT2D eigenvalue weighted by Crippen LogP contribution is 2.31. The summed E-state index contributed by atoms with van der Waals surface area (Å²) in [5, 5.41) is 6.80. The molecule has 2 heterocycles. The summed E-state index contributed by atoms with van der Waals surface area (Å²) >= 11 is 1.66. The van der Waals surface area contributed by atoms with Gasteiger partial charge in [0.2, 0.25) is 0 Å². The summed E-state index contributed by atoms with van der Waals surface area (Å²) in [6.07, 6.45) is 0.930. The molecule has 1 aromatic heterocycles. The second kappa shape index (κ2) is 9.14. The minimum Gasteiger partial charge on any atom is -0.379 e. The number of para-hydroxylation sites is 1. The first-order valence-corrected chi connectivity index (χ1v) is 10.4. The molecule has 146 valence electrons. The molecular weight excluding hydrogens is 372 g/mol. The maximum atomic E-state index is 12.2. The van der Waals surface area contributed by atoms with Gasteiger partial charge in [0, 0.05) is 30.9 Å². The van der Waals surface area contributed by atoms with Crippen LogP contribution in [0, 0.1) is 0 Å². The van der Waals surface area contributed by atoms with Crippen LogP contribution in [0.5, 0.6) is 0 Å². The van der Waals surface area contributed by atoms with Gasteiger partial charge in [-0.15, -0.1) is 11.3 Å². The highest BCUT2D eigenvalue weighted by molar-refractivity contribution is 7.21. The molecule has 28 heavy (non-hydrogen) atoms. The number of aromatic nitrogens is 1. The van der Waals surface area contributed by atoms with E-state index in [4.69, 9.17) is 4.74 Å². The maximum absolute atomic E-state index is 12.2. The van der Waals surface area contributed by atoms with Crippen LogP contribution in [0.1, 0.15) is 6.42 Å². The van der Waals surface area contributed by atoms with Crippen molar-refractivity contribution in [3.8, 4) is 10.6 Å². The van der Waals surface area contributed by atoms with Gasteiger partial charge in [-0.1, -0.05) is 24.3 Å². The molecule has 0 bridgehead atoms. The van der Waals surface area contributed by atoms with E-state index in [1.807, 2.05) is 42.5 Å². The summed E-state index contributed by atoms with van der Waals surface area (Å²) in [5.41, 5.74) is 2.77. The van der Waals surface area contributed by atoms with Crippen molar-refractivity contribution < 1.29 is 9.53 Å². The van der Waals surface area contributed by atoms with Crippen LogP contribution in [0.2, 0.25) is 0 Å².